The van der Waals surface area contributed by atoms with Crippen LogP contribution in [0.15, 0.2) is 48.5 Å². The standard InChI is InChI=1S/C18H10F3NO3/c19-12-4-3-9-5-11(2-1-10(9)6-12)17(23)22-16-8-15(21)14(20)7-13(16)18(24)25/h1-8H,(H,22,23)(H,24,25). The second-order valence-corrected chi connectivity index (χ2v) is 5.28. The number of anilines is 1. The van der Waals surface area contributed by atoms with E-state index in [0.717, 1.165) is 0 Å². The Hall–Kier alpha value is -3.35. The Balaban J connectivity index is 1.96. The highest BCUT2D eigenvalue weighted by Crippen LogP contribution is 2.22. The Morgan fingerprint density at radius 3 is 2.20 bits per heavy atom. The van der Waals surface area contributed by atoms with Crippen molar-refractivity contribution in [2.75, 3.05) is 5.32 Å². The quantitative estimate of drug-likeness (QED) is 0.747. The summed E-state index contributed by atoms with van der Waals surface area (Å²) in [4.78, 5) is 23.4. The van der Waals surface area contributed by atoms with E-state index < -0.39 is 34.9 Å². The number of halogens is 3. The number of carboxylic acids is 1. The number of amides is 1. The van der Waals surface area contributed by atoms with Gasteiger partial charge in [0.1, 0.15) is 5.82 Å². The summed E-state index contributed by atoms with van der Waals surface area (Å²) >= 11 is 0. The number of aromatic carboxylic acids is 1. The van der Waals surface area contributed by atoms with Gasteiger partial charge in [-0.15, -0.1) is 0 Å². The third-order valence-electron chi connectivity index (χ3n) is 3.60. The lowest BCUT2D eigenvalue weighted by molar-refractivity contribution is 0.0697. The molecular formula is C18H10F3NO3. The van der Waals surface area contributed by atoms with E-state index in [2.05, 4.69) is 5.32 Å². The number of hydrogen-bond acceptors (Lipinski definition) is 2. The van der Waals surface area contributed by atoms with Crippen molar-refractivity contribution in [3.05, 3.63) is 77.1 Å². The average Bonchev–Trinajstić information content (AvgIpc) is 2.57. The number of benzene rings is 3. The highest BCUT2D eigenvalue weighted by molar-refractivity contribution is 6.09. The van der Waals surface area contributed by atoms with E-state index in [1.54, 1.807) is 0 Å². The van der Waals surface area contributed by atoms with Crippen molar-refractivity contribution < 1.29 is 27.9 Å². The molecule has 0 atom stereocenters. The molecule has 0 aliphatic heterocycles. The lowest BCUT2D eigenvalue weighted by atomic mass is 10.1. The molecule has 2 N–H and O–H groups in total. The monoisotopic (exact) mass is 345 g/mol. The minimum absolute atomic E-state index is 0.153. The first kappa shape index (κ1) is 16.5. The Kier molecular flexibility index (Phi) is 4.14. The normalized spacial score (nSPS) is 10.7. The first-order valence-corrected chi connectivity index (χ1v) is 7.08. The van der Waals surface area contributed by atoms with Crippen LogP contribution in [0.25, 0.3) is 10.8 Å². The van der Waals surface area contributed by atoms with E-state index in [-0.39, 0.29) is 11.3 Å². The number of hydrogen-bond donors (Lipinski definition) is 2. The van der Waals surface area contributed by atoms with Gasteiger partial charge >= 0.3 is 5.97 Å². The zero-order chi connectivity index (χ0) is 18.1. The Morgan fingerprint density at radius 2 is 1.48 bits per heavy atom. The first-order valence-electron chi connectivity index (χ1n) is 7.08. The van der Waals surface area contributed by atoms with Gasteiger partial charge in [0.25, 0.3) is 5.91 Å². The van der Waals surface area contributed by atoms with Gasteiger partial charge in [0.05, 0.1) is 11.3 Å². The summed E-state index contributed by atoms with van der Waals surface area (Å²) in [6.45, 7) is 0. The molecule has 0 saturated carbocycles. The van der Waals surface area contributed by atoms with Crippen molar-refractivity contribution in [3.8, 4) is 0 Å². The summed E-state index contributed by atoms with van der Waals surface area (Å²) in [6, 6.07) is 9.54. The number of carboxylic acid groups (broad SMARTS) is 1. The van der Waals surface area contributed by atoms with Crippen molar-refractivity contribution >= 4 is 28.3 Å². The molecule has 0 unspecified atom stereocenters. The molecule has 3 aromatic carbocycles. The molecule has 0 aromatic heterocycles. The molecule has 0 radical (unpaired) electrons. The van der Waals surface area contributed by atoms with E-state index in [4.69, 9.17) is 5.11 Å². The smallest absolute Gasteiger partial charge is 0.337 e. The number of rotatable bonds is 3. The summed E-state index contributed by atoms with van der Waals surface area (Å²) in [5.74, 6) is -5.25. The van der Waals surface area contributed by atoms with Gasteiger partial charge in [-0.05, 0) is 41.1 Å². The molecule has 126 valence electrons. The number of carbonyl (C=O) groups is 2. The minimum atomic E-state index is -1.51. The maximum Gasteiger partial charge on any atom is 0.337 e. The van der Waals surface area contributed by atoms with Crippen molar-refractivity contribution in [1.82, 2.24) is 0 Å². The van der Waals surface area contributed by atoms with E-state index >= 15 is 0 Å². The molecule has 0 aliphatic rings. The average molecular weight is 345 g/mol. The van der Waals surface area contributed by atoms with Gasteiger partial charge in [-0.25, -0.2) is 18.0 Å². The minimum Gasteiger partial charge on any atom is -0.478 e. The molecule has 0 spiro atoms. The van der Waals surface area contributed by atoms with Crippen LogP contribution in [0.5, 0.6) is 0 Å². The van der Waals surface area contributed by atoms with Gasteiger partial charge < -0.3 is 10.4 Å². The molecule has 25 heavy (non-hydrogen) atoms. The predicted octanol–water partition coefficient (Wildman–Crippen LogP) is 4.21. The third kappa shape index (κ3) is 3.30. The molecule has 3 aromatic rings. The molecule has 7 heteroatoms. The zero-order valence-electron chi connectivity index (χ0n) is 12.5. The maximum atomic E-state index is 13.4. The summed E-state index contributed by atoms with van der Waals surface area (Å²) in [5.41, 5.74) is -0.786. The zero-order valence-corrected chi connectivity index (χ0v) is 12.5. The molecule has 0 bridgehead atoms. The Bertz CT molecular complexity index is 1020. The SMILES string of the molecule is O=C(Nc1cc(F)c(F)cc1C(=O)O)c1ccc2cc(F)ccc2c1. The van der Waals surface area contributed by atoms with Crippen LogP contribution in [0.2, 0.25) is 0 Å². The maximum absolute atomic E-state index is 13.4. The summed E-state index contributed by atoms with van der Waals surface area (Å²) < 4.78 is 39.7. The second-order valence-electron chi connectivity index (χ2n) is 5.28. The summed E-state index contributed by atoms with van der Waals surface area (Å²) in [7, 11) is 0. The fourth-order valence-corrected chi connectivity index (χ4v) is 2.38. The fraction of sp³-hybridized carbons (Fsp3) is 0. The lowest BCUT2D eigenvalue weighted by Crippen LogP contribution is -2.15. The van der Waals surface area contributed by atoms with Gasteiger partial charge in [-0.3, -0.25) is 4.79 Å². The molecule has 0 saturated heterocycles. The highest BCUT2D eigenvalue weighted by Gasteiger charge is 2.18. The molecule has 0 heterocycles. The Morgan fingerprint density at radius 1 is 0.840 bits per heavy atom. The van der Waals surface area contributed by atoms with E-state index in [1.807, 2.05) is 0 Å². The van der Waals surface area contributed by atoms with Crippen LogP contribution in [-0.4, -0.2) is 17.0 Å². The van der Waals surface area contributed by atoms with Gasteiger partial charge in [0.2, 0.25) is 0 Å². The van der Waals surface area contributed by atoms with Crippen LogP contribution < -0.4 is 5.32 Å². The number of fused-ring (bicyclic) bond motifs is 1. The molecule has 3 rings (SSSR count). The summed E-state index contributed by atoms with van der Waals surface area (Å²) in [6.07, 6.45) is 0. The van der Waals surface area contributed by atoms with Crippen molar-refractivity contribution in [2.45, 2.75) is 0 Å². The Labute approximate surface area is 139 Å². The van der Waals surface area contributed by atoms with Crippen molar-refractivity contribution in [2.24, 2.45) is 0 Å². The third-order valence-corrected chi connectivity index (χ3v) is 3.60. The van der Waals surface area contributed by atoms with Gasteiger partial charge in [-0.2, -0.15) is 0 Å². The van der Waals surface area contributed by atoms with Crippen LogP contribution >= 0.6 is 0 Å². The van der Waals surface area contributed by atoms with E-state index in [1.165, 1.54) is 36.4 Å². The van der Waals surface area contributed by atoms with Gasteiger partial charge in [0, 0.05) is 11.6 Å². The number of carbonyl (C=O) groups excluding carboxylic acids is 1. The number of nitrogens with one attached hydrogen (secondary N) is 1. The van der Waals surface area contributed by atoms with Crippen molar-refractivity contribution in [3.63, 3.8) is 0 Å². The van der Waals surface area contributed by atoms with E-state index in [0.29, 0.717) is 22.9 Å². The second kappa shape index (κ2) is 6.27. The van der Waals surface area contributed by atoms with Crippen LogP contribution in [0, 0.1) is 17.5 Å². The highest BCUT2D eigenvalue weighted by atomic mass is 19.2. The van der Waals surface area contributed by atoms with Crippen LogP contribution in [-0.2, 0) is 0 Å². The first-order chi connectivity index (χ1) is 11.8. The largest absolute Gasteiger partial charge is 0.478 e. The fourth-order valence-electron chi connectivity index (χ4n) is 2.38. The lowest BCUT2D eigenvalue weighted by Gasteiger charge is -2.10. The molecular weight excluding hydrogens is 335 g/mol. The predicted molar refractivity (Wildman–Crippen MR) is 85.2 cm³/mol. The van der Waals surface area contributed by atoms with Crippen LogP contribution in [0.1, 0.15) is 20.7 Å². The molecule has 0 aliphatic carbocycles. The van der Waals surface area contributed by atoms with Crippen LogP contribution in [0.4, 0.5) is 18.9 Å². The molecule has 4 nitrogen and oxygen atoms in total. The molecule has 0 fully saturated rings. The topological polar surface area (TPSA) is 66.4 Å². The van der Waals surface area contributed by atoms with Gasteiger partial charge in [0.15, 0.2) is 11.6 Å². The van der Waals surface area contributed by atoms with Gasteiger partial charge in [-0.1, -0.05) is 12.1 Å². The summed E-state index contributed by atoms with van der Waals surface area (Å²) in [5, 5.41) is 12.5. The molecule has 1 amide bonds. The van der Waals surface area contributed by atoms with Crippen LogP contribution in [0.3, 0.4) is 0 Å². The van der Waals surface area contributed by atoms with Crippen molar-refractivity contribution in [1.29, 1.82) is 0 Å². The van der Waals surface area contributed by atoms with E-state index in [9.17, 15) is 22.8 Å².